The van der Waals surface area contributed by atoms with Crippen LogP contribution in [0.4, 0.5) is 13.2 Å². The molecule has 1 aliphatic heterocycles. The van der Waals surface area contributed by atoms with E-state index in [0.717, 1.165) is 6.07 Å². The van der Waals surface area contributed by atoms with Crippen molar-refractivity contribution in [3.05, 3.63) is 65.0 Å². The van der Waals surface area contributed by atoms with Gasteiger partial charge in [-0.05, 0) is 55.0 Å². The van der Waals surface area contributed by atoms with Crippen LogP contribution in [0.3, 0.4) is 0 Å². The largest absolute Gasteiger partial charge is 0.494 e. The normalized spacial score (nSPS) is 15.3. The fourth-order valence-corrected chi connectivity index (χ4v) is 4.44. The molecule has 1 atom stereocenters. The molecule has 1 aliphatic rings. The molecule has 0 bridgehead atoms. The minimum Gasteiger partial charge on any atom is -0.494 e. The van der Waals surface area contributed by atoms with Crippen molar-refractivity contribution in [2.75, 3.05) is 27.2 Å². The molecule has 0 aliphatic carbocycles. The summed E-state index contributed by atoms with van der Waals surface area (Å²) in [5.41, 5.74) is 0.597. The van der Waals surface area contributed by atoms with Crippen LogP contribution >= 0.6 is 0 Å². The molecule has 1 heterocycles. The summed E-state index contributed by atoms with van der Waals surface area (Å²) in [6.07, 6.45) is 1.80. The number of nitrogens with zero attached hydrogens (tertiary/aromatic N) is 2. The maximum Gasteiger partial charge on any atom is 0.253 e. The van der Waals surface area contributed by atoms with Crippen molar-refractivity contribution < 1.29 is 27.5 Å². The van der Waals surface area contributed by atoms with Crippen molar-refractivity contribution in [1.29, 1.82) is 0 Å². The van der Waals surface area contributed by atoms with Gasteiger partial charge in [0.2, 0.25) is 5.91 Å². The van der Waals surface area contributed by atoms with E-state index in [2.05, 4.69) is 0 Å². The third-order valence-electron chi connectivity index (χ3n) is 6.41. The van der Waals surface area contributed by atoms with Gasteiger partial charge >= 0.3 is 0 Å². The van der Waals surface area contributed by atoms with Gasteiger partial charge < -0.3 is 14.5 Å². The fourth-order valence-electron chi connectivity index (χ4n) is 4.44. The van der Waals surface area contributed by atoms with E-state index in [-0.39, 0.29) is 41.5 Å². The number of ether oxygens (including phenoxy) is 1. The van der Waals surface area contributed by atoms with E-state index < -0.39 is 17.5 Å². The first-order valence-electron chi connectivity index (χ1n) is 11.1. The number of methoxy groups -OCH3 is 1. The van der Waals surface area contributed by atoms with Crippen LogP contribution in [0.15, 0.2) is 36.4 Å². The smallest absolute Gasteiger partial charge is 0.253 e. The monoisotopic (exact) mass is 462 g/mol. The number of carbonyl (C=O) groups is 2. The van der Waals surface area contributed by atoms with E-state index in [4.69, 9.17) is 4.74 Å². The molecule has 0 aromatic heterocycles. The van der Waals surface area contributed by atoms with E-state index in [1.165, 1.54) is 37.4 Å². The quantitative estimate of drug-likeness (QED) is 0.611. The molecule has 1 saturated heterocycles. The summed E-state index contributed by atoms with van der Waals surface area (Å²) in [6.45, 7) is 2.64. The standard InChI is InChI=1S/C25H29F3N2O3/c1-4-24(31)29(2)22(14-17-5-7-19(26)15-20(17)27)16-9-11-30(12-10-16)25(32)18-6-8-23(33-3)21(28)13-18/h5-8,13,15-16,22H,4,9-12,14H2,1-3H3/t22-/m0/s1. The van der Waals surface area contributed by atoms with Crippen LogP contribution < -0.4 is 4.74 Å². The Labute approximate surface area is 192 Å². The van der Waals surface area contributed by atoms with Crippen LogP contribution in [-0.2, 0) is 11.2 Å². The zero-order valence-corrected chi connectivity index (χ0v) is 19.1. The molecule has 8 heteroatoms. The molecule has 0 unspecified atom stereocenters. The van der Waals surface area contributed by atoms with E-state index in [1.807, 2.05) is 0 Å². The summed E-state index contributed by atoms with van der Waals surface area (Å²) in [4.78, 5) is 28.6. The molecule has 0 radical (unpaired) electrons. The molecule has 2 amide bonds. The number of likely N-dealkylation sites (tertiary alicyclic amines) is 1. The van der Waals surface area contributed by atoms with Crippen molar-refractivity contribution in [3.8, 4) is 5.75 Å². The van der Waals surface area contributed by atoms with Gasteiger partial charge in [0.25, 0.3) is 5.91 Å². The van der Waals surface area contributed by atoms with Gasteiger partial charge in [0.15, 0.2) is 11.6 Å². The molecular weight excluding hydrogens is 433 g/mol. The molecule has 178 valence electrons. The van der Waals surface area contributed by atoms with Crippen molar-refractivity contribution in [2.45, 2.75) is 38.6 Å². The number of piperidine rings is 1. The second kappa shape index (κ2) is 10.7. The Morgan fingerprint density at radius 2 is 1.79 bits per heavy atom. The summed E-state index contributed by atoms with van der Waals surface area (Å²) in [5.74, 6) is -2.10. The van der Waals surface area contributed by atoms with E-state index in [1.54, 1.807) is 23.8 Å². The predicted octanol–water partition coefficient (Wildman–Crippen LogP) is 4.44. The lowest BCUT2D eigenvalue weighted by Crippen LogP contribution is -2.48. The van der Waals surface area contributed by atoms with Gasteiger partial charge in [-0.25, -0.2) is 13.2 Å². The Kier molecular flexibility index (Phi) is 8.00. The second-order valence-corrected chi connectivity index (χ2v) is 8.34. The highest BCUT2D eigenvalue weighted by Crippen LogP contribution is 2.29. The topological polar surface area (TPSA) is 49.9 Å². The van der Waals surface area contributed by atoms with Crippen molar-refractivity contribution in [2.24, 2.45) is 5.92 Å². The Bertz CT molecular complexity index is 1010. The maximum atomic E-state index is 14.3. The van der Waals surface area contributed by atoms with Crippen molar-refractivity contribution >= 4 is 11.8 Å². The highest BCUT2D eigenvalue weighted by atomic mass is 19.1. The minimum absolute atomic E-state index is 0.0339. The molecule has 33 heavy (non-hydrogen) atoms. The van der Waals surface area contributed by atoms with Gasteiger partial charge in [-0.2, -0.15) is 0 Å². The third kappa shape index (κ3) is 5.67. The summed E-state index contributed by atoms with van der Waals surface area (Å²) in [6, 6.07) is 7.32. The third-order valence-corrected chi connectivity index (χ3v) is 6.41. The predicted molar refractivity (Wildman–Crippen MR) is 118 cm³/mol. The minimum atomic E-state index is -0.646. The zero-order chi connectivity index (χ0) is 24.1. The average molecular weight is 463 g/mol. The highest BCUT2D eigenvalue weighted by molar-refractivity contribution is 5.94. The molecule has 0 saturated carbocycles. The highest BCUT2D eigenvalue weighted by Gasteiger charge is 2.33. The Morgan fingerprint density at radius 3 is 2.36 bits per heavy atom. The van der Waals surface area contributed by atoms with Crippen LogP contribution in [-0.4, -0.2) is 54.9 Å². The van der Waals surface area contributed by atoms with Crippen LogP contribution in [0.25, 0.3) is 0 Å². The molecule has 1 fully saturated rings. The molecule has 2 aromatic carbocycles. The number of carbonyl (C=O) groups excluding carboxylic acids is 2. The number of hydrogen-bond donors (Lipinski definition) is 0. The van der Waals surface area contributed by atoms with Crippen LogP contribution in [0.5, 0.6) is 5.75 Å². The van der Waals surface area contributed by atoms with Crippen molar-refractivity contribution in [3.63, 3.8) is 0 Å². The Balaban J connectivity index is 1.73. The molecular formula is C25H29F3N2O3. The number of amides is 2. The maximum absolute atomic E-state index is 14.3. The second-order valence-electron chi connectivity index (χ2n) is 8.34. The van der Waals surface area contributed by atoms with E-state index in [9.17, 15) is 22.8 Å². The van der Waals surface area contributed by atoms with E-state index in [0.29, 0.717) is 37.9 Å². The summed E-state index contributed by atoms with van der Waals surface area (Å²) >= 11 is 0. The molecule has 2 aromatic rings. The summed E-state index contributed by atoms with van der Waals surface area (Å²) in [5, 5.41) is 0. The van der Waals surface area contributed by atoms with Crippen LogP contribution in [0.1, 0.15) is 42.1 Å². The van der Waals surface area contributed by atoms with Crippen LogP contribution in [0, 0.1) is 23.4 Å². The molecule has 3 rings (SSSR count). The van der Waals surface area contributed by atoms with E-state index >= 15 is 0 Å². The van der Waals surface area contributed by atoms with Gasteiger partial charge in [-0.1, -0.05) is 13.0 Å². The lowest BCUT2D eigenvalue weighted by atomic mass is 9.84. The van der Waals surface area contributed by atoms with Gasteiger partial charge in [0.05, 0.1) is 7.11 Å². The molecule has 0 N–H and O–H groups in total. The number of hydrogen-bond acceptors (Lipinski definition) is 3. The first kappa shape index (κ1) is 24.6. The van der Waals surface area contributed by atoms with Crippen molar-refractivity contribution in [1.82, 2.24) is 9.80 Å². The van der Waals surface area contributed by atoms with Gasteiger partial charge in [-0.15, -0.1) is 0 Å². The van der Waals surface area contributed by atoms with Gasteiger partial charge in [0, 0.05) is 44.2 Å². The Hall–Kier alpha value is -3.03. The molecule has 5 nitrogen and oxygen atoms in total. The Morgan fingerprint density at radius 1 is 1.09 bits per heavy atom. The first-order valence-corrected chi connectivity index (χ1v) is 11.1. The number of halogens is 3. The fraction of sp³-hybridized carbons (Fsp3) is 0.440. The summed E-state index contributed by atoms with van der Waals surface area (Å²) < 4.78 is 46.6. The average Bonchev–Trinajstić information content (AvgIpc) is 2.82. The molecule has 0 spiro atoms. The van der Waals surface area contributed by atoms with Gasteiger partial charge in [-0.3, -0.25) is 9.59 Å². The number of benzene rings is 2. The van der Waals surface area contributed by atoms with Gasteiger partial charge in [0.1, 0.15) is 11.6 Å². The summed E-state index contributed by atoms with van der Waals surface area (Å²) in [7, 11) is 3.06. The lowest BCUT2D eigenvalue weighted by molar-refractivity contribution is -0.133. The zero-order valence-electron chi connectivity index (χ0n) is 19.1. The number of likely N-dealkylation sites (N-methyl/N-ethyl adjacent to an activating group) is 1. The number of rotatable bonds is 7. The lowest BCUT2D eigenvalue weighted by Gasteiger charge is -2.40. The first-order chi connectivity index (χ1) is 15.7. The van der Waals surface area contributed by atoms with Crippen LogP contribution in [0.2, 0.25) is 0 Å². The SMILES string of the molecule is CCC(=O)N(C)[C@@H](Cc1ccc(F)cc1F)C1CCN(C(=O)c2ccc(OC)c(F)c2)CC1.